The third-order valence-electron chi connectivity index (χ3n) is 4.23. The van der Waals surface area contributed by atoms with Crippen molar-refractivity contribution in [2.24, 2.45) is 0 Å². The van der Waals surface area contributed by atoms with Crippen LogP contribution in [-0.2, 0) is 0 Å². The maximum atomic E-state index is 11.3. The van der Waals surface area contributed by atoms with Crippen LogP contribution in [0.5, 0.6) is 5.75 Å². The Labute approximate surface area is 109 Å². The first-order chi connectivity index (χ1) is 9.24. The van der Waals surface area contributed by atoms with E-state index >= 15 is 0 Å². The fraction of sp³-hybridized carbons (Fsp3) is 0.400. The van der Waals surface area contributed by atoms with Crippen LogP contribution >= 0.6 is 0 Å². The smallest absolute Gasteiger partial charge is 0.336 e. The molecule has 2 aromatic rings. The molecule has 19 heavy (non-hydrogen) atoms. The summed E-state index contributed by atoms with van der Waals surface area (Å²) in [6.07, 6.45) is 2.24. The molecular weight excluding hydrogens is 244 g/mol. The number of rotatable bonds is 0. The van der Waals surface area contributed by atoms with Crippen LogP contribution in [0, 0.1) is 0 Å². The summed E-state index contributed by atoms with van der Waals surface area (Å²) in [6, 6.07) is 6.84. The van der Waals surface area contributed by atoms with Crippen molar-refractivity contribution >= 4 is 11.0 Å². The maximum absolute atomic E-state index is 11.3. The van der Waals surface area contributed by atoms with E-state index in [0.717, 1.165) is 36.0 Å². The maximum Gasteiger partial charge on any atom is 0.336 e. The SMILES string of the molecule is O=c1ccc2c3c(ccc2o1)OC1C(O)CCCC31. The molecular formula is C15H14O4. The van der Waals surface area contributed by atoms with E-state index in [1.807, 2.05) is 6.07 Å². The van der Waals surface area contributed by atoms with Gasteiger partial charge in [-0.15, -0.1) is 0 Å². The number of aliphatic hydroxyl groups excluding tert-OH is 1. The Kier molecular flexibility index (Phi) is 2.23. The molecule has 1 N–H and O–H groups in total. The first-order valence-electron chi connectivity index (χ1n) is 6.65. The second-order valence-corrected chi connectivity index (χ2v) is 5.33. The number of hydrogen-bond acceptors (Lipinski definition) is 4. The second kappa shape index (κ2) is 3.84. The summed E-state index contributed by atoms with van der Waals surface area (Å²) in [4.78, 5) is 11.3. The fourth-order valence-corrected chi connectivity index (χ4v) is 3.40. The zero-order valence-corrected chi connectivity index (χ0v) is 10.3. The summed E-state index contributed by atoms with van der Waals surface area (Å²) >= 11 is 0. The lowest BCUT2D eigenvalue weighted by Gasteiger charge is -2.29. The van der Waals surface area contributed by atoms with Crippen LogP contribution in [0.2, 0.25) is 0 Å². The van der Waals surface area contributed by atoms with E-state index in [2.05, 4.69) is 0 Å². The van der Waals surface area contributed by atoms with E-state index in [1.165, 1.54) is 6.07 Å². The average molecular weight is 258 g/mol. The monoisotopic (exact) mass is 258 g/mol. The van der Waals surface area contributed by atoms with Crippen molar-refractivity contribution in [3.05, 3.63) is 40.2 Å². The molecule has 1 saturated carbocycles. The predicted octanol–water partition coefficient (Wildman–Crippen LogP) is 2.18. The van der Waals surface area contributed by atoms with Crippen LogP contribution < -0.4 is 10.4 Å². The highest BCUT2D eigenvalue weighted by Crippen LogP contribution is 2.48. The lowest BCUT2D eigenvalue weighted by molar-refractivity contribution is 0.00941. The molecule has 1 aromatic carbocycles. The highest BCUT2D eigenvalue weighted by atomic mass is 16.5. The van der Waals surface area contributed by atoms with Gasteiger partial charge in [0.1, 0.15) is 17.4 Å². The van der Waals surface area contributed by atoms with E-state index in [1.54, 1.807) is 12.1 Å². The lowest BCUT2D eigenvalue weighted by Crippen LogP contribution is -2.36. The Morgan fingerprint density at radius 1 is 1.16 bits per heavy atom. The van der Waals surface area contributed by atoms with Gasteiger partial charge < -0.3 is 14.3 Å². The topological polar surface area (TPSA) is 59.7 Å². The summed E-state index contributed by atoms with van der Waals surface area (Å²) in [5, 5.41) is 11.0. The van der Waals surface area contributed by atoms with Crippen molar-refractivity contribution in [1.29, 1.82) is 0 Å². The van der Waals surface area contributed by atoms with Gasteiger partial charge in [0, 0.05) is 22.9 Å². The van der Waals surface area contributed by atoms with Crippen molar-refractivity contribution in [2.75, 3.05) is 0 Å². The molecule has 2 aliphatic rings. The van der Waals surface area contributed by atoms with Gasteiger partial charge in [0.25, 0.3) is 0 Å². The molecule has 0 bridgehead atoms. The summed E-state index contributed by atoms with van der Waals surface area (Å²) in [7, 11) is 0. The minimum atomic E-state index is -0.406. The van der Waals surface area contributed by atoms with Gasteiger partial charge in [0.05, 0.1) is 6.10 Å². The first kappa shape index (κ1) is 11.1. The Morgan fingerprint density at radius 3 is 2.95 bits per heavy atom. The molecule has 98 valence electrons. The van der Waals surface area contributed by atoms with Gasteiger partial charge in [-0.05, 0) is 37.5 Å². The minimum Gasteiger partial charge on any atom is -0.487 e. The normalized spacial score (nSPS) is 28.8. The molecule has 1 aliphatic heterocycles. The van der Waals surface area contributed by atoms with Crippen LogP contribution in [-0.4, -0.2) is 17.3 Å². The van der Waals surface area contributed by atoms with Crippen molar-refractivity contribution in [2.45, 2.75) is 37.4 Å². The quantitative estimate of drug-likeness (QED) is 0.736. The molecule has 3 unspecified atom stereocenters. The molecule has 0 amide bonds. The van der Waals surface area contributed by atoms with Crippen molar-refractivity contribution in [3.63, 3.8) is 0 Å². The van der Waals surface area contributed by atoms with Gasteiger partial charge >= 0.3 is 5.63 Å². The molecule has 1 fully saturated rings. The molecule has 4 heteroatoms. The van der Waals surface area contributed by atoms with E-state index in [9.17, 15) is 9.90 Å². The summed E-state index contributed by atoms with van der Waals surface area (Å²) in [5.41, 5.74) is 1.34. The predicted molar refractivity (Wildman–Crippen MR) is 69.5 cm³/mol. The molecule has 2 heterocycles. The molecule has 0 radical (unpaired) electrons. The van der Waals surface area contributed by atoms with Gasteiger partial charge in [0.2, 0.25) is 0 Å². The number of benzene rings is 1. The Morgan fingerprint density at radius 2 is 2.05 bits per heavy atom. The number of aliphatic hydroxyl groups is 1. The van der Waals surface area contributed by atoms with E-state index in [0.29, 0.717) is 5.58 Å². The Hall–Kier alpha value is -1.81. The van der Waals surface area contributed by atoms with E-state index in [4.69, 9.17) is 9.15 Å². The van der Waals surface area contributed by atoms with Crippen molar-refractivity contribution in [3.8, 4) is 5.75 Å². The minimum absolute atomic E-state index is 0.152. The van der Waals surface area contributed by atoms with Crippen molar-refractivity contribution < 1.29 is 14.3 Å². The standard InChI is InChI=1S/C15H14O4/c16-10-3-1-2-9-14-8-4-7-13(17)18-11(8)5-6-12(14)19-15(9)10/h4-7,9-10,15-16H,1-3H2. The third-order valence-corrected chi connectivity index (χ3v) is 4.23. The highest BCUT2D eigenvalue weighted by Gasteiger charge is 2.42. The molecule has 4 nitrogen and oxygen atoms in total. The van der Waals surface area contributed by atoms with Crippen LogP contribution in [0.25, 0.3) is 11.0 Å². The van der Waals surface area contributed by atoms with Gasteiger partial charge in [-0.25, -0.2) is 4.79 Å². The highest BCUT2D eigenvalue weighted by molar-refractivity contribution is 5.84. The third kappa shape index (κ3) is 1.53. The van der Waals surface area contributed by atoms with E-state index < -0.39 is 6.10 Å². The van der Waals surface area contributed by atoms with Crippen LogP contribution in [0.15, 0.2) is 33.5 Å². The van der Waals surface area contributed by atoms with E-state index in [-0.39, 0.29) is 17.6 Å². The number of ether oxygens (including phenoxy) is 1. The Bertz CT molecular complexity index is 703. The second-order valence-electron chi connectivity index (χ2n) is 5.33. The Balaban J connectivity index is 1.95. The molecule has 1 aromatic heterocycles. The summed E-state index contributed by atoms with van der Waals surface area (Å²) < 4.78 is 11.1. The largest absolute Gasteiger partial charge is 0.487 e. The average Bonchev–Trinajstić information content (AvgIpc) is 2.79. The van der Waals surface area contributed by atoms with Crippen LogP contribution in [0.1, 0.15) is 30.7 Å². The number of hydrogen-bond donors (Lipinski definition) is 1. The van der Waals surface area contributed by atoms with Gasteiger partial charge in [0.15, 0.2) is 0 Å². The van der Waals surface area contributed by atoms with Gasteiger partial charge in [-0.3, -0.25) is 0 Å². The van der Waals surface area contributed by atoms with Crippen LogP contribution in [0.4, 0.5) is 0 Å². The molecule has 1 aliphatic carbocycles. The van der Waals surface area contributed by atoms with Gasteiger partial charge in [-0.2, -0.15) is 0 Å². The number of fused-ring (bicyclic) bond motifs is 5. The fourth-order valence-electron chi connectivity index (χ4n) is 3.40. The zero-order valence-electron chi connectivity index (χ0n) is 10.3. The summed E-state index contributed by atoms with van der Waals surface area (Å²) in [5.74, 6) is 1.02. The van der Waals surface area contributed by atoms with Crippen LogP contribution in [0.3, 0.4) is 0 Å². The first-order valence-corrected chi connectivity index (χ1v) is 6.65. The lowest BCUT2D eigenvalue weighted by atomic mass is 9.80. The molecule has 0 spiro atoms. The molecule has 3 atom stereocenters. The van der Waals surface area contributed by atoms with Crippen molar-refractivity contribution in [1.82, 2.24) is 0 Å². The molecule has 0 saturated heterocycles. The molecule has 4 rings (SSSR count). The van der Waals surface area contributed by atoms with Gasteiger partial charge in [-0.1, -0.05) is 0 Å². The summed E-state index contributed by atoms with van der Waals surface area (Å²) in [6.45, 7) is 0. The zero-order chi connectivity index (χ0) is 13.0.